The zero-order chi connectivity index (χ0) is 30.5. The number of para-hydroxylation sites is 1. The molecule has 0 bridgehead atoms. The standard InChI is InChI=1S/C43H28N2O/c1-3-12-31(13-4-1)43-44-42-40(46-43)27-24-30-15-11-21-39(41(30)42)45(33-16-5-2-6-17-33)34-25-22-29(23-26-34)38-28-32-14-7-8-18-35(32)36-19-9-10-20-37(36)38/h1-28H. The summed E-state index contributed by atoms with van der Waals surface area (Å²) in [6.07, 6.45) is 0. The molecule has 1 aromatic heterocycles. The van der Waals surface area contributed by atoms with E-state index in [-0.39, 0.29) is 0 Å². The van der Waals surface area contributed by atoms with Crippen LogP contribution in [0.15, 0.2) is 174 Å². The normalized spacial score (nSPS) is 11.5. The fourth-order valence-electron chi connectivity index (χ4n) is 6.72. The van der Waals surface area contributed by atoms with Crippen molar-refractivity contribution in [2.75, 3.05) is 4.90 Å². The van der Waals surface area contributed by atoms with Crippen molar-refractivity contribution in [3.63, 3.8) is 0 Å². The third-order valence-corrected chi connectivity index (χ3v) is 8.86. The van der Waals surface area contributed by atoms with E-state index in [0.29, 0.717) is 5.89 Å². The van der Waals surface area contributed by atoms with Gasteiger partial charge in [-0.05, 0) is 92.7 Å². The first-order valence-corrected chi connectivity index (χ1v) is 15.6. The Bertz CT molecular complexity index is 2520. The van der Waals surface area contributed by atoms with E-state index in [0.717, 1.165) is 44.5 Å². The second-order valence-corrected chi connectivity index (χ2v) is 11.6. The number of aromatic nitrogens is 1. The van der Waals surface area contributed by atoms with Crippen molar-refractivity contribution >= 4 is 60.5 Å². The van der Waals surface area contributed by atoms with Crippen molar-refractivity contribution in [3.05, 3.63) is 170 Å². The SMILES string of the molecule is c1ccc(-c2nc3c(ccc4cccc(N(c5ccccc5)c5ccc(-c6cc7ccccc7c7ccccc67)cc5)c43)o2)cc1. The lowest BCUT2D eigenvalue weighted by molar-refractivity contribution is 0.620. The highest BCUT2D eigenvalue weighted by Gasteiger charge is 2.20. The van der Waals surface area contributed by atoms with E-state index in [1.54, 1.807) is 0 Å². The molecule has 0 saturated heterocycles. The lowest BCUT2D eigenvalue weighted by Crippen LogP contribution is -2.10. The van der Waals surface area contributed by atoms with Gasteiger partial charge in [-0.3, -0.25) is 0 Å². The molecule has 1 heterocycles. The molecular formula is C43H28N2O. The van der Waals surface area contributed by atoms with Crippen molar-refractivity contribution in [2.24, 2.45) is 0 Å². The highest BCUT2D eigenvalue weighted by atomic mass is 16.3. The Morgan fingerprint density at radius 3 is 1.91 bits per heavy atom. The highest BCUT2D eigenvalue weighted by Crippen LogP contribution is 2.43. The predicted octanol–water partition coefficient (Wildman–Crippen LogP) is 12.1. The third kappa shape index (κ3) is 4.33. The second kappa shape index (κ2) is 10.8. The molecule has 0 unspecified atom stereocenters. The summed E-state index contributed by atoms with van der Waals surface area (Å²) in [4.78, 5) is 7.38. The van der Waals surface area contributed by atoms with Gasteiger partial charge in [0.2, 0.25) is 5.89 Å². The molecular weight excluding hydrogens is 560 g/mol. The summed E-state index contributed by atoms with van der Waals surface area (Å²) in [7, 11) is 0. The monoisotopic (exact) mass is 588 g/mol. The summed E-state index contributed by atoms with van der Waals surface area (Å²) in [6.45, 7) is 0. The van der Waals surface area contributed by atoms with Crippen LogP contribution in [-0.4, -0.2) is 4.98 Å². The molecule has 0 aliphatic carbocycles. The topological polar surface area (TPSA) is 29.3 Å². The largest absolute Gasteiger partial charge is 0.436 e. The Hall–Kier alpha value is -6.19. The Kier molecular flexibility index (Phi) is 6.14. The van der Waals surface area contributed by atoms with Crippen molar-refractivity contribution in [3.8, 4) is 22.6 Å². The maximum atomic E-state index is 6.31. The molecule has 0 fully saturated rings. The molecule has 46 heavy (non-hydrogen) atoms. The van der Waals surface area contributed by atoms with Gasteiger partial charge in [0.15, 0.2) is 5.58 Å². The zero-order valence-corrected chi connectivity index (χ0v) is 25.0. The molecule has 0 saturated carbocycles. The van der Waals surface area contributed by atoms with Crippen LogP contribution in [0.25, 0.3) is 66.0 Å². The number of oxazole rings is 1. The van der Waals surface area contributed by atoms with Gasteiger partial charge in [0.05, 0.1) is 5.69 Å². The second-order valence-electron chi connectivity index (χ2n) is 11.6. The minimum Gasteiger partial charge on any atom is -0.436 e. The molecule has 0 aliphatic heterocycles. The molecule has 0 N–H and O–H groups in total. The van der Waals surface area contributed by atoms with Crippen LogP contribution in [0, 0.1) is 0 Å². The fraction of sp³-hybridized carbons (Fsp3) is 0. The van der Waals surface area contributed by atoms with Gasteiger partial charge in [-0.2, -0.15) is 0 Å². The van der Waals surface area contributed by atoms with E-state index in [2.05, 4.69) is 138 Å². The summed E-state index contributed by atoms with van der Waals surface area (Å²) in [5.74, 6) is 0.621. The Morgan fingerprint density at radius 2 is 1.11 bits per heavy atom. The zero-order valence-electron chi connectivity index (χ0n) is 25.0. The summed E-state index contributed by atoms with van der Waals surface area (Å²) in [6, 6.07) is 59.8. The van der Waals surface area contributed by atoms with Crippen LogP contribution in [0.5, 0.6) is 0 Å². The molecule has 216 valence electrons. The quantitative estimate of drug-likeness (QED) is 0.187. The van der Waals surface area contributed by atoms with Crippen LogP contribution in [0.4, 0.5) is 17.1 Å². The van der Waals surface area contributed by atoms with Crippen molar-refractivity contribution < 1.29 is 4.42 Å². The molecule has 0 radical (unpaired) electrons. The number of nitrogens with zero attached hydrogens (tertiary/aromatic N) is 2. The van der Waals surface area contributed by atoms with Gasteiger partial charge < -0.3 is 9.32 Å². The van der Waals surface area contributed by atoms with E-state index < -0.39 is 0 Å². The summed E-state index contributed by atoms with van der Waals surface area (Å²) in [5, 5.41) is 7.21. The van der Waals surface area contributed by atoms with Crippen LogP contribution in [0.3, 0.4) is 0 Å². The van der Waals surface area contributed by atoms with Crippen molar-refractivity contribution in [1.29, 1.82) is 0 Å². The molecule has 8 aromatic carbocycles. The van der Waals surface area contributed by atoms with Crippen molar-refractivity contribution in [1.82, 2.24) is 4.98 Å². The minimum absolute atomic E-state index is 0.621. The first-order valence-electron chi connectivity index (χ1n) is 15.6. The maximum absolute atomic E-state index is 6.31. The molecule has 0 atom stereocenters. The van der Waals surface area contributed by atoms with E-state index in [1.807, 2.05) is 36.4 Å². The third-order valence-electron chi connectivity index (χ3n) is 8.86. The van der Waals surface area contributed by atoms with Crippen LogP contribution in [0.2, 0.25) is 0 Å². The van der Waals surface area contributed by atoms with Crippen LogP contribution in [0.1, 0.15) is 0 Å². The predicted molar refractivity (Wildman–Crippen MR) is 192 cm³/mol. The number of rotatable bonds is 5. The molecule has 0 spiro atoms. The molecule has 0 aliphatic rings. The van der Waals surface area contributed by atoms with Crippen LogP contribution < -0.4 is 4.90 Å². The summed E-state index contributed by atoms with van der Waals surface area (Å²) < 4.78 is 6.31. The van der Waals surface area contributed by atoms with Gasteiger partial charge in [-0.25, -0.2) is 4.98 Å². The smallest absolute Gasteiger partial charge is 0.227 e. The Balaban J connectivity index is 1.23. The van der Waals surface area contributed by atoms with E-state index in [4.69, 9.17) is 9.40 Å². The van der Waals surface area contributed by atoms with E-state index in [1.165, 1.54) is 32.7 Å². The minimum atomic E-state index is 0.621. The molecule has 3 heteroatoms. The number of hydrogen-bond acceptors (Lipinski definition) is 3. The fourth-order valence-corrected chi connectivity index (χ4v) is 6.72. The van der Waals surface area contributed by atoms with Crippen LogP contribution in [-0.2, 0) is 0 Å². The number of anilines is 3. The van der Waals surface area contributed by atoms with Gasteiger partial charge in [0.25, 0.3) is 0 Å². The van der Waals surface area contributed by atoms with E-state index in [9.17, 15) is 0 Å². The molecule has 9 aromatic rings. The molecule has 0 amide bonds. The van der Waals surface area contributed by atoms with E-state index >= 15 is 0 Å². The summed E-state index contributed by atoms with van der Waals surface area (Å²) >= 11 is 0. The van der Waals surface area contributed by atoms with Gasteiger partial charge in [0.1, 0.15) is 5.52 Å². The average molecular weight is 589 g/mol. The van der Waals surface area contributed by atoms with Gasteiger partial charge in [0, 0.05) is 22.3 Å². The highest BCUT2D eigenvalue weighted by molar-refractivity contribution is 6.14. The van der Waals surface area contributed by atoms with Gasteiger partial charge >= 0.3 is 0 Å². The molecule has 3 nitrogen and oxygen atoms in total. The lowest BCUT2D eigenvalue weighted by atomic mass is 9.93. The maximum Gasteiger partial charge on any atom is 0.227 e. The first kappa shape index (κ1) is 26.2. The van der Waals surface area contributed by atoms with Crippen molar-refractivity contribution in [2.45, 2.75) is 0 Å². The van der Waals surface area contributed by atoms with Gasteiger partial charge in [-0.15, -0.1) is 0 Å². The summed E-state index contributed by atoms with van der Waals surface area (Å²) in [5.41, 5.74) is 8.18. The number of hydrogen-bond donors (Lipinski definition) is 0. The Labute approximate surface area is 266 Å². The lowest BCUT2D eigenvalue weighted by Gasteiger charge is -2.27. The average Bonchev–Trinajstić information content (AvgIpc) is 3.58. The van der Waals surface area contributed by atoms with Crippen LogP contribution >= 0.6 is 0 Å². The number of fused-ring (bicyclic) bond motifs is 6. The number of benzene rings is 8. The first-order chi connectivity index (χ1) is 22.8. The Morgan fingerprint density at radius 1 is 0.457 bits per heavy atom. The van der Waals surface area contributed by atoms with Gasteiger partial charge in [-0.1, -0.05) is 115 Å². The molecule has 9 rings (SSSR count).